The van der Waals surface area contributed by atoms with Gasteiger partial charge in [-0.1, -0.05) is 28.1 Å². The first kappa shape index (κ1) is 21.7. The Hall–Kier alpha value is -2.00. The molecule has 1 amide bonds. The lowest BCUT2D eigenvalue weighted by atomic mass is 10.1. The highest BCUT2D eigenvalue weighted by Crippen LogP contribution is 2.36. The molecule has 3 rings (SSSR count). The molecule has 2 aromatic rings. The number of benzene rings is 1. The minimum absolute atomic E-state index is 0.131. The number of hydrogen-bond acceptors (Lipinski definition) is 4. The summed E-state index contributed by atoms with van der Waals surface area (Å²) in [6.45, 7) is 2.65. The largest absolute Gasteiger partial charge is 0.444 e. The lowest BCUT2D eigenvalue weighted by Gasteiger charge is -2.27. The molecule has 2 atom stereocenters. The molecule has 1 fully saturated rings. The van der Waals surface area contributed by atoms with E-state index in [1.54, 1.807) is 27.0 Å². The molecule has 0 radical (unpaired) electrons. The normalized spacial score (nSPS) is 19.8. The van der Waals surface area contributed by atoms with Crippen LogP contribution in [0.5, 0.6) is 0 Å². The van der Waals surface area contributed by atoms with Crippen LogP contribution in [0.4, 0.5) is 13.6 Å². The summed E-state index contributed by atoms with van der Waals surface area (Å²) in [7, 11) is 0. The highest BCUT2D eigenvalue weighted by atomic mass is 79.9. The third-order valence-corrected chi connectivity index (χ3v) is 5.07. The van der Waals surface area contributed by atoms with Gasteiger partial charge in [0.1, 0.15) is 11.4 Å². The van der Waals surface area contributed by atoms with Gasteiger partial charge in [0.2, 0.25) is 0 Å². The fourth-order valence-electron chi connectivity index (χ4n) is 3.32. The van der Waals surface area contributed by atoms with Crippen molar-refractivity contribution in [1.82, 2.24) is 14.9 Å². The molecular weight excluding hydrogens is 448 g/mol. The minimum atomic E-state index is -2.84. The van der Waals surface area contributed by atoms with E-state index < -0.39 is 24.3 Å². The second-order valence-corrected chi connectivity index (χ2v) is 8.95. The van der Waals surface area contributed by atoms with Crippen LogP contribution in [-0.2, 0) is 9.47 Å². The molecule has 1 N–H and O–H groups in total. The number of alkyl halides is 2. The van der Waals surface area contributed by atoms with Gasteiger partial charge in [0.25, 0.3) is 0 Å². The molecule has 1 aliphatic rings. The van der Waals surface area contributed by atoms with Crippen molar-refractivity contribution >= 4 is 22.0 Å². The smallest absolute Gasteiger partial charge is 0.410 e. The van der Waals surface area contributed by atoms with Gasteiger partial charge in [0.15, 0.2) is 0 Å². The topological polar surface area (TPSA) is 67.4 Å². The number of likely N-dealkylation sites (tertiary alicyclic amines) is 1. The lowest BCUT2D eigenvalue weighted by molar-refractivity contribution is -0.137. The van der Waals surface area contributed by atoms with Gasteiger partial charge in [-0.25, -0.2) is 9.78 Å². The molecule has 1 aromatic heterocycles. The standard InChI is InChI=1S/C20H24BrF2N3O3/c1-20(2,3)29-19(27)26-10-12(11-28-18(22)23)8-16(26)17-24-9-15(25-17)13-4-6-14(21)7-5-13/h4-7,9,12,16,18H,8,10-11H2,1-3H3,(H,24,25)/t12-,16-/m0/s1. The van der Waals surface area contributed by atoms with Gasteiger partial charge >= 0.3 is 12.7 Å². The highest BCUT2D eigenvalue weighted by molar-refractivity contribution is 9.10. The number of carbonyl (C=O) groups excluding carboxylic acids is 1. The van der Waals surface area contributed by atoms with Crippen molar-refractivity contribution in [3.05, 3.63) is 40.8 Å². The van der Waals surface area contributed by atoms with Gasteiger partial charge < -0.3 is 14.5 Å². The molecule has 0 saturated carbocycles. The van der Waals surface area contributed by atoms with Crippen molar-refractivity contribution in [2.75, 3.05) is 13.2 Å². The van der Waals surface area contributed by atoms with Crippen LogP contribution >= 0.6 is 15.9 Å². The van der Waals surface area contributed by atoms with E-state index in [0.717, 1.165) is 15.7 Å². The molecule has 1 aliphatic heterocycles. The Morgan fingerprint density at radius 3 is 2.66 bits per heavy atom. The van der Waals surface area contributed by atoms with Crippen LogP contribution in [0.3, 0.4) is 0 Å². The number of hydrogen-bond donors (Lipinski definition) is 1. The van der Waals surface area contributed by atoms with E-state index in [-0.39, 0.29) is 19.1 Å². The number of amides is 1. The zero-order chi connectivity index (χ0) is 21.2. The Balaban J connectivity index is 1.81. The maximum absolute atomic E-state index is 12.7. The number of imidazole rings is 1. The fourth-order valence-corrected chi connectivity index (χ4v) is 3.58. The van der Waals surface area contributed by atoms with E-state index >= 15 is 0 Å². The van der Waals surface area contributed by atoms with Gasteiger partial charge in [-0.3, -0.25) is 4.90 Å². The summed E-state index contributed by atoms with van der Waals surface area (Å²) >= 11 is 3.41. The first-order chi connectivity index (χ1) is 13.6. The Labute approximate surface area is 176 Å². The average molecular weight is 472 g/mol. The van der Waals surface area contributed by atoms with E-state index in [4.69, 9.17) is 4.74 Å². The van der Waals surface area contributed by atoms with Crippen molar-refractivity contribution in [2.45, 2.75) is 45.4 Å². The number of halogens is 3. The summed E-state index contributed by atoms with van der Waals surface area (Å²) in [6.07, 6.45) is 1.66. The average Bonchev–Trinajstić information content (AvgIpc) is 3.26. The van der Waals surface area contributed by atoms with Crippen LogP contribution in [0, 0.1) is 5.92 Å². The van der Waals surface area contributed by atoms with Crippen LogP contribution in [0.15, 0.2) is 34.9 Å². The van der Waals surface area contributed by atoms with E-state index in [9.17, 15) is 13.6 Å². The lowest BCUT2D eigenvalue weighted by Crippen LogP contribution is -2.37. The van der Waals surface area contributed by atoms with Crippen molar-refractivity contribution in [2.24, 2.45) is 5.92 Å². The summed E-state index contributed by atoms with van der Waals surface area (Å²) in [5.74, 6) is 0.357. The molecule has 6 nitrogen and oxygen atoms in total. The van der Waals surface area contributed by atoms with Gasteiger partial charge in [-0.15, -0.1) is 0 Å². The molecule has 29 heavy (non-hydrogen) atoms. The Morgan fingerprint density at radius 1 is 1.34 bits per heavy atom. The number of aromatic amines is 1. The number of aromatic nitrogens is 2. The summed E-state index contributed by atoms with van der Waals surface area (Å²) in [6, 6.07) is 7.34. The van der Waals surface area contributed by atoms with Gasteiger partial charge in [-0.05, 0) is 44.9 Å². The second kappa shape index (κ2) is 8.79. The molecule has 0 spiro atoms. The third-order valence-electron chi connectivity index (χ3n) is 4.54. The first-order valence-electron chi connectivity index (χ1n) is 9.32. The van der Waals surface area contributed by atoms with Crippen molar-refractivity contribution in [3.63, 3.8) is 0 Å². The summed E-state index contributed by atoms with van der Waals surface area (Å²) in [4.78, 5) is 22.0. The van der Waals surface area contributed by atoms with Gasteiger partial charge in [0, 0.05) is 16.9 Å². The molecule has 158 valence electrons. The van der Waals surface area contributed by atoms with Crippen LogP contribution in [-0.4, -0.2) is 46.3 Å². The summed E-state index contributed by atoms with van der Waals surface area (Å²) < 4.78 is 35.9. The first-order valence-corrected chi connectivity index (χ1v) is 10.1. The third kappa shape index (κ3) is 5.76. The summed E-state index contributed by atoms with van der Waals surface area (Å²) in [5, 5.41) is 0. The monoisotopic (exact) mass is 471 g/mol. The number of H-pyrrole nitrogens is 1. The molecule has 2 heterocycles. The zero-order valence-electron chi connectivity index (χ0n) is 16.5. The zero-order valence-corrected chi connectivity index (χ0v) is 18.1. The van der Waals surface area contributed by atoms with Crippen LogP contribution in [0.1, 0.15) is 39.1 Å². The second-order valence-electron chi connectivity index (χ2n) is 8.03. The number of nitrogens with zero attached hydrogens (tertiary/aromatic N) is 2. The van der Waals surface area contributed by atoms with Crippen LogP contribution in [0.2, 0.25) is 0 Å². The van der Waals surface area contributed by atoms with E-state index in [0.29, 0.717) is 12.2 Å². The van der Waals surface area contributed by atoms with Crippen LogP contribution < -0.4 is 0 Å². The molecule has 1 saturated heterocycles. The van der Waals surface area contributed by atoms with E-state index in [1.165, 1.54) is 4.90 Å². The van der Waals surface area contributed by atoms with Crippen molar-refractivity contribution in [3.8, 4) is 11.3 Å². The highest BCUT2D eigenvalue weighted by Gasteiger charge is 2.40. The summed E-state index contributed by atoms with van der Waals surface area (Å²) in [5.41, 5.74) is 1.10. The van der Waals surface area contributed by atoms with Crippen molar-refractivity contribution < 1.29 is 23.0 Å². The molecule has 0 bridgehead atoms. The molecule has 0 unspecified atom stereocenters. The fraction of sp³-hybridized carbons (Fsp3) is 0.500. The Bertz CT molecular complexity index is 836. The molecule has 1 aromatic carbocycles. The molecule has 9 heteroatoms. The quantitative estimate of drug-likeness (QED) is 0.635. The number of rotatable bonds is 5. The predicted molar refractivity (Wildman–Crippen MR) is 107 cm³/mol. The maximum atomic E-state index is 12.7. The molecule has 0 aliphatic carbocycles. The molecular formula is C20H24BrF2N3O3. The Kier molecular flexibility index (Phi) is 6.58. The number of ether oxygens (including phenoxy) is 2. The number of nitrogens with one attached hydrogen (secondary N) is 1. The predicted octanol–water partition coefficient (Wildman–Crippen LogP) is 5.38. The maximum Gasteiger partial charge on any atom is 0.410 e. The van der Waals surface area contributed by atoms with E-state index in [2.05, 4.69) is 30.6 Å². The SMILES string of the molecule is CC(C)(C)OC(=O)N1C[C@@H](COC(F)F)C[C@H]1c1ncc(-c2ccc(Br)cc2)[nH]1. The Morgan fingerprint density at radius 2 is 2.03 bits per heavy atom. The van der Waals surface area contributed by atoms with E-state index in [1.807, 2.05) is 24.3 Å². The van der Waals surface area contributed by atoms with Crippen LogP contribution in [0.25, 0.3) is 11.3 Å². The number of carbonyl (C=O) groups is 1. The van der Waals surface area contributed by atoms with Crippen molar-refractivity contribution in [1.29, 1.82) is 0 Å². The van der Waals surface area contributed by atoms with Gasteiger partial charge in [-0.2, -0.15) is 8.78 Å². The minimum Gasteiger partial charge on any atom is -0.444 e. The van der Waals surface area contributed by atoms with Gasteiger partial charge in [0.05, 0.1) is 24.5 Å².